The number of allylic oxidation sites excluding steroid dienone is 20. The minimum absolute atomic E-state index is 0.0408. The summed E-state index contributed by atoms with van der Waals surface area (Å²) in [6, 6.07) is 0. The highest BCUT2D eigenvalue weighted by atomic mass is 31.2. The van der Waals surface area contributed by atoms with Gasteiger partial charge in [-0.3, -0.25) is 18.6 Å². The minimum atomic E-state index is -4.40. The smallest absolute Gasteiger partial charge is 0.462 e. The standard InChI is InChI=1S/C61H102NO8P/c1-3-5-7-9-11-13-15-17-19-21-22-23-24-25-26-27-28-29-30-31-32-33-34-35-36-38-40-42-44-46-48-50-52-54-61(64)70-59(58-69-71(65,66)68-56-55-62)57-67-60(63)53-51-49-47-45-43-41-39-37-20-18-16-14-12-10-8-6-4-2/h5-8,11-14,17-20,22-23,25-26,39,41,45,47,59H,3-4,9-10,15-16,21,24,27-38,40,42-44,46,48-58,62H2,1-2H3,(H,65,66)/b7-5-,8-6-,13-11-,14-12-,19-17-,20-18-,23-22-,26-25-,41-39-,47-45-. The van der Waals surface area contributed by atoms with Gasteiger partial charge < -0.3 is 20.1 Å². The first-order valence-corrected chi connectivity index (χ1v) is 29.5. The number of carbonyl (C=O) groups excluding carboxylic acids is 2. The number of hydrogen-bond donors (Lipinski definition) is 2. The van der Waals surface area contributed by atoms with E-state index in [1.54, 1.807) is 0 Å². The number of phosphoric acid groups is 1. The van der Waals surface area contributed by atoms with Crippen molar-refractivity contribution in [2.45, 2.75) is 225 Å². The topological polar surface area (TPSA) is 134 Å². The quantitative estimate of drug-likeness (QED) is 0.0264. The van der Waals surface area contributed by atoms with Crippen molar-refractivity contribution >= 4 is 19.8 Å². The molecule has 0 aromatic carbocycles. The second kappa shape index (κ2) is 55.7. The molecule has 404 valence electrons. The van der Waals surface area contributed by atoms with Gasteiger partial charge in [-0.1, -0.05) is 232 Å². The monoisotopic (exact) mass is 1010 g/mol. The van der Waals surface area contributed by atoms with Crippen molar-refractivity contribution in [2.75, 3.05) is 26.4 Å². The molecule has 0 saturated heterocycles. The summed E-state index contributed by atoms with van der Waals surface area (Å²) in [5, 5.41) is 0. The lowest BCUT2D eigenvalue weighted by Crippen LogP contribution is -2.29. The van der Waals surface area contributed by atoms with Crippen molar-refractivity contribution in [3.63, 3.8) is 0 Å². The highest BCUT2D eigenvalue weighted by Crippen LogP contribution is 2.43. The van der Waals surface area contributed by atoms with E-state index in [1.165, 1.54) is 89.9 Å². The minimum Gasteiger partial charge on any atom is -0.462 e. The molecule has 0 aromatic heterocycles. The van der Waals surface area contributed by atoms with Crippen molar-refractivity contribution in [3.8, 4) is 0 Å². The fourth-order valence-corrected chi connectivity index (χ4v) is 8.05. The van der Waals surface area contributed by atoms with E-state index in [2.05, 4.69) is 129 Å². The van der Waals surface area contributed by atoms with Crippen molar-refractivity contribution in [2.24, 2.45) is 5.73 Å². The van der Waals surface area contributed by atoms with E-state index >= 15 is 0 Å². The van der Waals surface area contributed by atoms with Crippen LogP contribution in [0.25, 0.3) is 0 Å². The maximum Gasteiger partial charge on any atom is 0.472 e. The van der Waals surface area contributed by atoms with Gasteiger partial charge in [0.1, 0.15) is 6.61 Å². The second-order valence-electron chi connectivity index (χ2n) is 18.0. The molecule has 0 aliphatic rings. The van der Waals surface area contributed by atoms with Gasteiger partial charge in [0.15, 0.2) is 6.10 Å². The van der Waals surface area contributed by atoms with Crippen LogP contribution >= 0.6 is 7.82 Å². The molecule has 0 spiro atoms. The molecule has 2 atom stereocenters. The maximum atomic E-state index is 12.7. The van der Waals surface area contributed by atoms with Crippen LogP contribution in [0.2, 0.25) is 0 Å². The van der Waals surface area contributed by atoms with E-state index in [-0.39, 0.29) is 32.6 Å². The number of hydrogen-bond acceptors (Lipinski definition) is 8. The van der Waals surface area contributed by atoms with Gasteiger partial charge >= 0.3 is 19.8 Å². The molecule has 0 amide bonds. The second-order valence-corrected chi connectivity index (χ2v) is 19.5. The number of rotatable bonds is 51. The zero-order chi connectivity index (χ0) is 51.7. The van der Waals surface area contributed by atoms with Gasteiger partial charge in [-0.05, 0) is 96.3 Å². The Morgan fingerprint density at radius 3 is 1.13 bits per heavy atom. The Morgan fingerprint density at radius 1 is 0.423 bits per heavy atom. The Balaban J connectivity index is 3.98. The SMILES string of the molecule is CC/C=C\C/C=C\C/C=C\C/C=C\C/C=C\CCCCCCCCCCCCCCCCCCCC(=O)OC(COC(=O)CCC/C=C\C/C=C\C/C=C\C/C=C\C/C=C\CC)COP(=O)(O)OCCN. The summed E-state index contributed by atoms with van der Waals surface area (Å²) in [6.07, 6.45) is 77.0. The number of ether oxygens (including phenoxy) is 2. The van der Waals surface area contributed by atoms with E-state index in [1.807, 2.05) is 6.08 Å². The van der Waals surface area contributed by atoms with Crippen molar-refractivity contribution in [3.05, 3.63) is 122 Å². The van der Waals surface area contributed by atoms with Gasteiger partial charge in [0.05, 0.1) is 13.2 Å². The summed E-state index contributed by atoms with van der Waals surface area (Å²) >= 11 is 0. The molecule has 0 fully saturated rings. The van der Waals surface area contributed by atoms with Crippen LogP contribution < -0.4 is 5.73 Å². The van der Waals surface area contributed by atoms with Gasteiger partial charge in [0.2, 0.25) is 0 Å². The predicted molar refractivity (Wildman–Crippen MR) is 302 cm³/mol. The summed E-state index contributed by atoms with van der Waals surface area (Å²) in [6.45, 7) is 3.44. The number of unbranched alkanes of at least 4 members (excludes halogenated alkanes) is 18. The molecule has 0 aromatic rings. The Kier molecular flexibility index (Phi) is 52.9. The van der Waals surface area contributed by atoms with Crippen LogP contribution in [-0.4, -0.2) is 49.3 Å². The summed E-state index contributed by atoms with van der Waals surface area (Å²) in [5.41, 5.74) is 5.37. The third-order valence-electron chi connectivity index (χ3n) is 11.3. The molecular weight excluding hydrogens is 906 g/mol. The van der Waals surface area contributed by atoms with Gasteiger partial charge in [-0.15, -0.1) is 0 Å². The van der Waals surface area contributed by atoms with E-state index in [0.29, 0.717) is 12.8 Å². The number of carbonyl (C=O) groups is 2. The first-order valence-electron chi connectivity index (χ1n) is 28.0. The lowest BCUT2D eigenvalue weighted by molar-refractivity contribution is -0.161. The number of phosphoric ester groups is 1. The molecular formula is C61H102NO8P. The van der Waals surface area contributed by atoms with E-state index in [0.717, 1.165) is 89.9 Å². The first kappa shape index (κ1) is 67.4. The first-order chi connectivity index (χ1) is 34.8. The average molecular weight is 1010 g/mol. The van der Waals surface area contributed by atoms with Crippen LogP contribution in [-0.2, 0) is 32.7 Å². The fraction of sp³-hybridized carbons (Fsp3) is 0.639. The number of esters is 2. The molecule has 0 rings (SSSR count). The van der Waals surface area contributed by atoms with Crippen LogP contribution in [0.4, 0.5) is 0 Å². The van der Waals surface area contributed by atoms with Crippen molar-refractivity contribution in [1.82, 2.24) is 0 Å². The Hall–Kier alpha value is -3.59. The normalized spacial score (nSPS) is 14.0. The Bertz CT molecular complexity index is 1570. The zero-order valence-electron chi connectivity index (χ0n) is 44.9. The molecule has 9 nitrogen and oxygen atoms in total. The van der Waals surface area contributed by atoms with E-state index < -0.39 is 32.5 Å². The summed E-state index contributed by atoms with van der Waals surface area (Å²) < 4.78 is 32.9. The Labute approximate surface area is 434 Å². The zero-order valence-corrected chi connectivity index (χ0v) is 45.8. The van der Waals surface area contributed by atoms with Crippen LogP contribution in [0.3, 0.4) is 0 Å². The number of nitrogens with two attached hydrogens (primary N) is 1. The maximum absolute atomic E-state index is 12.7. The third-order valence-corrected chi connectivity index (χ3v) is 12.3. The van der Waals surface area contributed by atoms with Crippen LogP contribution in [0, 0.1) is 0 Å². The molecule has 0 saturated carbocycles. The molecule has 0 bridgehead atoms. The van der Waals surface area contributed by atoms with E-state index in [9.17, 15) is 19.0 Å². The molecule has 2 unspecified atom stereocenters. The molecule has 0 heterocycles. The van der Waals surface area contributed by atoms with Gasteiger partial charge in [-0.2, -0.15) is 0 Å². The average Bonchev–Trinajstić information content (AvgIpc) is 3.36. The van der Waals surface area contributed by atoms with Crippen molar-refractivity contribution in [1.29, 1.82) is 0 Å². The largest absolute Gasteiger partial charge is 0.472 e. The molecule has 71 heavy (non-hydrogen) atoms. The molecule has 3 N–H and O–H groups in total. The molecule has 0 radical (unpaired) electrons. The van der Waals surface area contributed by atoms with Gasteiger partial charge in [0.25, 0.3) is 0 Å². The highest BCUT2D eigenvalue weighted by molar-refractivity contribution is 7.47. The molecule has 0 aliphatic heterocycles. The Morgan fingerprint density at radius 2 is 0.746 bits per heavy atom. The van der Waals surface area contributed by atoms with Gasteiger partial charge in [0, 0.05) is 19.4 Å². The van der Waals surface area contributed by atoms with Crippen LogP contribution in [0.5, 0.6) is 0 Å². The lowest BCUT2D eigenvalue weighted by Gasteiger charge is -2.19. The van der Waals surface area contributed by atoms with Crippen molar-refractivity contribution < 1.29 is 37.6 Å². The summed E-state index contributed by atoms with van der Waals surface area (Å²) in [4.78, 5) is 35.1. The van der Waals surface area contributed by atoms with Crippen LogP contribution in [0.1, 0.15) is 219 Å². The molecule has 0 aliphatic carbocycles. The predicted octanol–water partition coefficient (Wildman–Crippen LogP) is 17.6. The van der Waals surface area contributed by atoms with E-state index in [4.69, 9.17) is 24.3 Å². The van der Waals surface area contributed by atoms with Gasteiger partial charge in [-0.25, -0.2) is 4.57 Å². The summed E-state index contributed by atoms with van der Waals surface area (Å²) in [7, 11) is -4.40. The van der Waals surface area contributed by atoms with Crippen LogP contribution in [0.15, 0.2) is 122 Å². The fourth-order valence-electron chi connectivity index (χ4n) is 7.29. The lowest BCUT2D eigenvalue weighted by atomic mass is 10.0. The summed E-state index contributed by atoms with van der Waals surface area (Å²) in [5.74, 6) is -0.900. The molecule has 10 heteroatoms. The highest BCUT2D eigenvalue weighted by Gasteiger charge is 2.26. The third kappa shape index (κ3) is 55.6.